The van der Waals surface area contributed by atoms with Crippen LogP contribution in [0.15, 0.2) is 18.3 Å². The van der Waals surface area contributed by atoms with E-state index in [9.17, 15) is 19.8 Å². The van der Waals surface area contributed by atoms with Crippen LogP contribution >= 0.6 is 0 Å². The Balaban J connectivity index is 2.51. The molecule has 0 spiro atoms. The van der Waals surface area contributed by atoms with Gasteiger partial charge < -0.3 is 10.2 Å². The van der Waals surface area contributed by atoms with Crippen molar-refractivity contribution in [2.24, 2.45) is 0 Å². The number of hydrogen-bond donors (Lipinski definition) is 2. The summed E-state index contributed by atoms with van der Waals surface area (Å²) in [4.78, 5) is 29.1. The molecule has 0 aliphatic carbocycles. The van der Waals surface area contributed by atoms with Gasteiger partial charge in [-0.05, 0) is 18.6 Å². The SMILES string of the molecule is CCC(CO)(CO)N1C(=O)c2cccnc2C1=O. The first kappa shape index (κ1) is 12.7. The molecular weight excluding hydrogens is 236 g/mol. The summed E-state index contributed by atoms with van der Waals surface area (Å²) in [6.45, 7) is 0.736. The molecule has 18 heavy (non-hydrogen) atoms. The fourth-order valence-electron chi connectivity index (χ4n) is 2.07. The summed E-state index contributed by atoms with van der Waals surface area (Å²) in [5.41, 5.74) is -0.987. The molecule has 1 aromatic heterocycles. The predicted octanol–water partition coefficient (Wildman–Crippen LogP) is -0.189. The van der Waals surface area contributed by atoms with Crippen LogP contribution in [-0.2, 0) is 0 Å². The Hall–Kier alpha value is -1.79. The third kappa shape index (κ3) is 1.53. The second-order valence-electron chi connectivity index (χ2n) is 4.24. The van der Waals surface area contributed by atoms with E-state index in [2.05, 4.69) is 4.98 Å². The highest BCUT2D eigenvalue weighted by Gasteiger charge is 2.48. The fourth-order valence-corrected chi connectivity index (χ4v) is 2.07. The van der Waals surface area contributed by atoms with Crippen LogP contribution in [0.4, 0.5) is 0 Å². The van der Waals surface area contributed by atoms with Crippen LogP contribution < -0.4 is 0 Å². The zero-order chi connectivity index (χ0) is 13.3. The number of pyridine rings is 1. The quantitative estimate of drug-likeness (QED) is 0.723. The summed E-state index contributed by atoms with van der Waals surface area (Å²) in [5, 5.41) is 18.8. The topological polar surface area (TPSA) is 90.7 Å². The minimum atomic E-state index is -1.27. The number of carbonyl (C=O) groups excluding carboxylic acids is 2. The molecule has 0 saturated heterocycles. The normalized spacial score (nSPS) is 15.2. The van der Waals surface area contributed by atoms with Crippen molar-refractivity contribution < 1.29 is 19.8 Å². The monoisotopic (exact) mass is 250 g/mol. The van der Waals surface area contributed by atoms with Gasteiger partial charge in [-0.1, -0.05) is 6.92 Å². The zero-order valence-corrected chi connectivity index (χ0v) is 9.96. The van der Waals surface area contributed by atoms with Crippen molar-refractivity contribution in [3.63, 3.8) is 0 Å². The lowest BCUT2D eigenvalue weighted by atomic mass is 9.96. The van der Waals surface area contributed by atoms with E-state index in [1.807, 2.05) is 0 Å². The maximum atomic E-state index is 12.2. The number of aliphatic hydroxyl groups is 2. The highest BCUT2D eigenvalue weighted by molar-refractivity contribution is 6.20. The highest BCUT2D eigenvalue weighted by atomic mass is 16.3. The maximum absolute atomic E-state index is 12.2. The molecule has 6 heteroatoms. The molecule has 2 rings (SSSR count). The van der Waals surface area contributed by atoms with E-state index in [1.165, 1.54) is 12.3 Å². The summed E-state index contributed by atoms with van der Waals surface area (Å²) in [7, 11) is 0. The van der Waals surface area contributed by atoms with Crippen molar-refractivity contribution in [3.05, 3.63) is 29.6 Å². The molecule has 0 unspecified atom stereocenters. The standard InChI is InChI=1S/C12H14N2O4/c1-2-12(6-15,7-16)14-10(17)8-4-3-5-13-9(8)11(14)18/h3-5,15-16H,2,6-7H2,1H3. The van der Waals surface area contributed by atoms with E-state index < -0.39 is 30.6 Å². The van der Waals surface area contributed by atoms with Crippen molar-refractivity contribution in [2.75, 3.05) is 13.2 Å². The Morgan fingerprint density at radius 3 is 2.44 bits per heavy atom. The molecule has 0 fully saturated rings. The molecule has 1 aliphatic heterocycles. The number of amides is 2. The van der Waals surface area contributed by atoms with Gasteiger partial charge in [0, 0.05) is 6.20 Å². The molecule has 1 aliphatic rings. The van der Waals surface area contributed by atoms with Gasteiger partial charge in [0.1, 0.15) is 5.69 Å². The zero-order valence-electron chi connectivity index (χ0n) is 9.96. The number of carbonyl (C=O) groups is 2. The molecule has 96 valence electrons. The molecule has 0 bridgehead atoms. The smallest absolute Gasteiger partial charge is 0.280 e. The average molecular weight is 250 g/mol. The summed E-state index contributed by atoms with van der Waals surface area (Å²) in [6, 6.07) is 3.08. The molecule has 0 aromatic carbocycles. The minimum Gasteiger partial charge on any atom is -0.394 e. The number of rotatable bonds is 4. The van der Waals surface area contributed by atoms with E-state index in [-0.39, 0.29) is 17.7 Å². The van der Waals surface area contributed by atoms with Crippen molar-refractivity contribution in [2.45, 2.75) is 18.9 Å². The Kier molecular flexibility index (Phi) is 3.14. The third-order valence-electron chi connectivity index (χ3n) is 3.37. The summed E-state index contributed by atoms with van der Waals surface area (Å²) < 4.78 is 0. The first-order chi connectivity index (χ1) is 8.61. The Morgan fingerprint density at radius 2 is 1.94 bits per heavy atom. The molecule has 2 amide bonds. The van der Waals surface area contributed by atoms with Gasteiger partial charge in [-0.25, -0.2) is 0 Å². The van der Waals surface area contributed by atoms with Crippen molar-refractivity contribution in [1.29, 1.82) is 0 Å². The first-order valence-corrected chi connectivity index (χ1v) is 5.67. The molecule has 2 heterocycles. The van der Waals surface area contributed by atoms with Gasteiger partial charge >= 0.3 is 0 Å². The van der Waals surface area contributed by atoms with Crippen molar-refractivity contribution >= 4 is 11.8 Å². The van der Waals surface area contributed by atoms with Crippen LogP contribution in [0, 0.1) is 0 Å². The van der Waals surface area contributed by atoms with E-state index in [0.717, 1.165) is 4.90 Å². The summed E-state index contributed by atoms with van der Waals surface area (Å²) >= 11 is 0. The van der Waals surface area contributed by atoms with Gasteiger partial charge in [0.2, 0.25) is 0 Å². The van der Waals surface area contributed by atoms with Crippen LogP contribution in [0.25, 0.3) is 0 Å². The van der Waals surface area contributed by atoms with Gasteiger partial charge in [0.15, 0.2) is 0 Å². The van der Waals surface area contributed by atoms with Crippen LogP contribution in [0.1, 0.15) is 34.2 Å². The van der Waals surface area contributed by atoms with E-state index in [4.69, 9.17) is 0 Å². The second-order valence-corrected chi connectivity index (χ2v) is 4.24. The predicted molar refractivity (Wildman–Crippen MR) is 61.9 cm³/mol. The summed E-state index contributed by atoms with van der Waals surface area (Å²) in [5.74, 6) is -1.09. The van der Waals surface area contributed by atoms with Gasteiger partial charge in [-0.2, -0.15) is 0 Å². The van der Waals surface area contributed by atoms with Crippen LogP contribution in [-0.4, -0.2) is 50.7 Å². The van der Waals surface area contributed by atoms with Crippen LogP contribution in [0.2, 0.25) is 0 Å². The lowest BCUT2D eigenvalue weighted by molar-refractivity contribution is 0.000180. The number of aliphatic hydroxyl groups excluding tert-OH is 2. The second kappa shape index (κ2) is 4.47. The number of imide groups is 1. The summed E-state index contributed by atoms with van der Waals surface area (Å²) in [6.07, 6.45) is 1.70. The molecule has 6 nitrogen and oxygen atoms in total. The number of aromatic nitrogens is 1. The van der Waals surface area contributed by atoms with Gasteiger partial charge in [0.05, 0.1) is 24.3 Å². The Morgan fingerprint density at radius 1 is 1.28 bits per heavy atom. The van der Waals surface area contributed by atoms with Crippen molar-refractivity contribution in [1.82, 2.24) is 9.88 Å². The molecular formula is C12H14N2O4. The number of fused-ring (bicyclic) bond motifs is 1. The lowest BCUT2D eigenvalue weighted by Gasteiger charge is -2.36. The number of nitrogens with zero attached hydrogens (tertiary/aromatic N) is 2. The third-order valence-corrected chi connectivity index (χ3v) is 3.37. The Labute approximate surface area is 104 Å². The van der Waals surface area contributed by atoms with E-state index >= 15 is 0 Å². The largest absolute Gasteiger partial charge is 0.394 e. The number of hydrogen-bond acceptors (Lipinski definition) is 5. The van der Waals surface area contributed by atoms with Crippen molar-refractivity contribution in [3.8, 4) is 0 Å². The van der Waals surface area contributed by atoms with Crippen LogP contribution in [0.3, 0.4) is 0 Å². The van der Waals surface area contributed by atoms with Gasteiger partial charge in [-0.15, -0.1) is 0 Å². The molecule has 1 aromatic rings. The lowest BCUT2D eigenvalue weighted by Crippen LogP contribution is -2.56. The fraction of sp³-hybridized carbons (Fsp3) is 0.417. The maximum Gasteiger partial charge on any atom is 0.280 e. The molecule has 2 N–H and O–H groups in total. The highest BCUT2D eigenvalue weighted by Crippen LogP contribution is 2.29. The van der Waals surface area contributed by atoms with E-state index in [0.29, 0.717) is 0 Å². The molecule has 0 atom stereocenters. The Bertz CT molecular complexity index is 453. The minimum absolute atomic E-state index is 0.0715. The molecule has 0 radical (unpaired) electrons. The van der Waals surface area contributed by atoms with Crippen LogP contribution in [0.5, 0.6) is 0 Å². The average Bonchev–Trinajstić information content (AvgIpc) is 2.67. The van der Waals surface area contributed by atoms with Gasteiger partial charge in [0.25, 0.3) is 11.8 Å². The molecule has 0 saturated carbocycles. The van der Waals surface area contributed by atoms with Gasteiger partial charge in [-0.3, -0.25) is 19.5 Å². The first-order valence-electron chi connectivity index (χ1n) is 5.67. The van der Waals surface area contributed by atoms with E-state index in [1.54, 1.807) is 13.0 Å².